The van der Waals surface area contributed by atoms with Crippen molar-refractivity contribution in [3.63, 3.8) is 0 Å². The maximum absolute atomic E-state index is 12.2. The molecular formula is C14H19BrN2O2S. The highest BCUT2D eigenvalue weighted by Crippen LogP contribution is 2.24. The molecule has 0 aliphatic rings. The number of hydrogen-bond donors (Lipinski definition) is 2. The van der Waals surface area contributed by atoms with Gasteiger partial charge < -0.3 is 10.1 Å². The summed E-state index contributed by atoms with van der Waals surface area (Å²) in [5, 5.41) is 5.93. The van der Waals surface area contributed by atoms with Gasteiger partial charge in [-0.1, -0.05) is 22.9 Å². The minimum Gasteiger partial charge on any atom is -0.490 e. The summed E-state index contributed by atoms with van der Waals surface area (Å²) in [6, 6.07) is 5.32. The molecule has 6 heteroatoms. The molecule has 0 unspecified atom stereocenters. The number of carbonyl (C=O) groups excluding carboxylic acids is 1. The van der Waals surface area contributed by atoms with Gasteiger partial charge in [0.15, 0.2) is 5.11 Å². The van der Waals surface area contributed by atoms with Crippen LogP contribution >= 0.6 is 28.1 Å². The van der Waals surface area contributed by atoms with E-state index in [0.29, 0.717) is 16.4 Å². The Hall–Kier alpha value is -1.14. The Morgan fingerprint density at radius 1 is 1.45 bits per heavy atom. The van der Waals surface area contributed by atoms with Crippen LogP contribution in [0, 0.1) is 0 Å². The minimum absolute atomic E-state index is 0.00658. The Labute approximate surface area is 133 Å². The van der Waals surface area contributed by atoms with Gasteiger partial charge in [-0.05, 0) is 50.7 Å². The molecule has 0 saturated heterocycles. The van der Waals surface area contributed by atoms with E-state index < -0.39 is 0 Å². The number of amides is 1. The van der Waals surface area contributed by atoms with Crippen LogP contribution in [-0.2, 0) is 0 Å². The first kappa shape index (κ1) is 16.9. The van der Waals surface area contributed by atoms with Crippen molar-refractivity contribution >= 4 is 39.2 Å². The van der Waals surface area contributed by atoms with Crippen LogP contribution in [0.5, 0.6) is 5.75 Å². The van der Waals surface area contributed by atoms with Crippen molar-refractivity contribution in [3.05, 3.63) is 28.2 Å². The fourth-order valence-electron chi connectivity index (χ4n) is 1.49. The summed E-state index contributed by atoms with van der Waals surface area (Å²) in [7, 11) is 0. The first-order valence-corrected chi connectivity index (χ1v) is 7.69. The summed E-state index contributed by atoms with van der Waals surface area (Å²) in [6.07, 6.45) is 0.933. The van der Waals surface area contributed by atoms with Gasteiger partial charge in [0.2, 0.25) is 0 Å². The van der Waals surface area contributed by atoms with E-state index in [2.05, 4.69) is 26.6 Å². The van der Waals surface area contributed by atoms with Crippen molar-refractivity contribution in [2.75, 3.05) is 6.54 Å². The summed E-state index contributed by atoms with van der Waals surface area (Å²) in [5.41, 5.74) is 0.453. The third-order valence-electron chi connectivity index (χ3n) is 2.31. The van der Waals surface area contributed by atoms with Gasteiger partial charge in [-0.25, -0.2) is 0 Å². The van der Waals surface area contributed by atoms with Crippen LogP contribution in [0.1, 0.15) is 37.6 Å². The molecule has 0 heterocycles. The van der Waals surface area contributed by atoms with E-state index in [0.717, 1.165) is 17.4 Å². The number of rotatable bonds is 5. The predicted molar refractivity (Wildman–Crippen MR) is 88.3 cm³/mol. The van der Waals surface area contributed by atoms with Gasteiger partial charge in [-0.15, -0.1) is 0 Å². The Morgan fingerprint density at radius 3 is 2.75 bits per heavy atom. The lowest BCUT2D eigenvalue weighted by Crippen LogP contribution is -2.39. The van der Waals surface area contributed by atoms with Crippen molar-refractivity contribution in [2.45, 2.75) is 33.3 Å². The first-order valence-electron chi connectivity index (χ1n) is 6.49. The van der Waals surface area contributed by atoms with Crippen LogP contribution in [-0.4, -0.2) is 23.7 Å². The molecule has 1 aromatic rings. The molecule has 0 spiro atoms. The Bertz CT molecular complexity index is 492. The zero-order valence-electron chi connectivity index (χ0n) is 11.8. The molecule has 1 rings (SSSR count). The second-order valence-corrected chi connectivity index (χ2v) is 5.84. The van der Waals surface area contributed by atoms with E-state index in [9.17, 15) is 4.79 Å². The molecule has 0 atom stereocenters. The average molecular weight is 359 g/mol. The van der Waals surface area contributed by atoms with E-state index in [1.165, 1.54) is 0 Å². The molecule has 0 radical (unpaired) electrons. The minimum atomic E-state index is -0.282. The maximum atomic E-state index is 12.2. The molecule has 0 aromatic heterocycles. The number of halogens is 1. The molecule has 0 aliphatic carbocycles. The lowest BCUT2D eigenvalue weighted by atomic mass is 10.2. The van der Waals surface area contributed by atoms with Crippen molar-refractivity contribution < 1.29 is 9.53 Å². The normalized spacial score (nSPS) is 10.2. The standard InChI is InChI=1S/C14H19BrN2O2S/c1-4-7-16-14(20)17-13(18)11-8-10(15)5-6-12(11)19-9(2)3/h5-6,8-9H,4,7H2,1-3H3,(H2,16,17,18,20). The van der Waals surface area contributed by atoms with Crippen LogP contribution in [0.15, 0.2) is 22.7 Å². The maximum Gasteiger partial charge on any atom is 0.261 e. The highest BCUT2D eigenvalue weighted by atomic mass is 79.9. The van der Waals surface area contributed by atoms with E-state index in [4.69, 9.17) is 17.0 Å². The smallest absolute Gasteiger partial charge is 0.261 e. The molecule has 1 aromatic carbocycles. The lowest BCUT2D eigenvalue weighted by molar-refractivity contribution is 0.0971. The molecule has 0 saturated carbocycles. The molecular weight excluding hydrogens is 340 g/mol. The number of carbonyl (C=O) groups is 1. The van der Waals surface area contributed by atoms with Crippen molar-refractivity contribution in [1.82, 2.24) is 10.6 Å². The van der Waals surface area contributed by atoms with E-state index in [-0.39, 0.29) is 12.0 Å². The molecule has 20 heavy (non-hydrogen) atoms. The molecule has 1 amide bonds. The number of thiocarbonyl (C=S) groups is 1. The predicted octanol–water partition coefficient (Wildman–Crippen LogP) is 3.25. The summed E-state index contributed by atoms with van der Waals surface area (Å²) in [4.78, 5) is 12.2. The van der Waals surface area contributed by atoms with Crippen molar-refractivity contribution in [3.8, 4) is 5.75 Å². The van der Waals surface area contributed by atoms with Crippen LogP contribution in [0.25, 0.3) is 0 Å². The topological polar surface area (TPSA) is 50.4 Å². The largest absolute Gasteiger partial charge is 0.490 e. The number of benzene rings is 1. The van der Waals surface area contributed by atoms with Crippen LogP contribution in [0.2, 0.25) is 0 Å². The average Bonchev–Trinajstić information content (AvgIpc) is 2.37. The lowest BCUT2D eigenvalue weighted by Gasteiger charge is -2.15. The summed E-state index contributed by atoms with van der Waals surface area (Å²) in [6.45, 7) is 6.58. The summed E-state index contributed by atoms with van der Waals surface area (Å²) in [5.74, 6) is 0.259. The Balaban J connectivity index is 2.85. The van der Waals surface area contributed by atoms with Gasteiger partial charge in [-0.2, -0.15) is 0 Å². The van der Waals surface area contributed by atoms with Crippen molar-refractivity contribution in [2.24, 2.45) is 0 Å². The summed E-state index contributed by atoms with van der Waals surface area (Å²) >= 11 is 8.42. The van der Waals surface area contributed by atoms with Crippen molar-refractivity contribution in [1.29, 1.82) is 0 Å². The number of nitrogens with one attached hydrogen (secondary N) is 2. The third kappa shape index (κ3) is 5.46. The fraction of sp³-hybridized carbons (Fsp3) is 0.429. The summed E-state index contributed by atoms with van der Waals surface area (Å²) < 4.78 is 6.45. The van der Waals surface area contributed by atoms with E-state index in [1.54, 1.807) is 12.1 Å². The first-order chi connectivity index (χ1) is 9.43. The number of ether oxygens (including phenoxy) is 1. The van der Waals surface area contributed by atoms with Crippen LogP contribution in [0.4, 0.5) is 0 Å². The molecule has 4 nitrogen and oxygen atoms in total. The third-order valence-corrected chi connectivity index (χ3v) is 3.05. The highest BCUT2D eigenvalue weighted by molar-refractivity contribution is 9.10. The van der Waals surface area contributed by atoms with E-state index >= 15 is 0 Å². The second-order valence-electron chi connectivity index (χ2n) is 4.52. The van der Waals surface area contributed by atoms with Gasteiger partial charge in [0.05, 0.1) is 11.7 Å². The van der Waals surface area contributed by atoms with E-state index in [1.807, 2.05) is 26.8 Å². The monoisotopic (exact) mass is 358 g/mol. The van der Waals surface area contributed by atoms with Gasteiger partial charge in [0, 0.05) is 11.0 Å². The molecule has 110 valence electrons. The Kier molecular flexibility index (Phi) is 6.95. The molecule has 0 bridgehead atoms. The fourth-order valence-corrected chi connectivity index (χ4v) is 2.05. The zero-order chi connectivity index (χ0) is 15.1. The molecule has 0 aliphatic heterocycles. The van der Waals surface area contributed by atoms with Gasteiger partial charge in [-0.3, -0.25) is 10.1 Å². The van der Waals surface area contributed by atoms with Gasteiger partial charge in [0.25, 0.3) is 5.91 Å². The molecule has 0 fully saturated rings. The molecule has 2 N–H and O–H groups in total. The Morgan fingerprint density at radius 2 is 2.15 bits per heavy atom. The SMILES string of the molecule is CCCNC(=S)NC(=O)c1cc(Br)ccc1OC(C)C. The van der Waals surface area contributed by atoms with Crippen LogP contribution < -0.4 is 15.4 Å². The van der Waals surface area contributed by atoms with Gasteiger partial charge >= 0.3 is 0 Å². The highest BCUT2D eigenvalue weighted by Gasteiger charge is 2.15. The second kappa shape index (κ2) is 8.21. The number of hydrogen-bond acceptors (Lipinski definition) is 3. The quantitative estimate of drug-likeness (QED) is 0.793. The zero-order valence-corrected chi connectivity index (χ0v) is 14.2. The van der Waals surface area contributed by atoms with Gasteiger partial charge in [0.1, 0.15) is 5.75 Å². The van der Waals surface area contributed by atoms with Crippen LogP contribution in [0.3, 0.4) is 0 Å².